The normalized spacial score (nSPS) is 15.2. The molecule has 140 valence electrons. The number of nitrogens with zero attached hydrogens (tertiary/aromatic N) is 2. The Morgan fingerprint density at radius 2 is 2.04 bits per heavy atom. The third-order valence-corrected chi connectivity index (χ3v) is 5.16. The molecule has 1 aliphatic carbocycles. The van der Waals surface area contributed by atoms with Gasteiger partial charge in [0.2, 0.25) is 5.91 Å². The Kier molecular flexibility index (Phi) is 5.71. The summed E-state index contributed by atoms with van der Waals surface area (Å²) in [6, 6.07) is 8.10. The summed E-state index contributed by atoms with van der Waals surface area (Å²) in [5.41, 5.74) is 0.348. The molecule has 1 saturated carbocycles. The van der Waals surface area contributed by atoms with Crippen molar-refractivity contribution in [3.63, 3.8) is 0 Å². The van der Waals surface area contributed by atoms with Gasteiger partial charge in [-0.15, -0.1) is 0 Å². The third-order valence-electron chi connectivity index (χ3n) is 5.16. The lowest BCUT2D eigenvalue weighted by Gasteiger charge is -2.18. The fraction of sp³-hybridized carbons (Fsp3) is 0.500. The molecular weight excluding hydrogens is 333 g/mol. The number of rotatable bonds is 9. The van der Waals surface area contributed by atoms with Crippen molar-refractivity contribution < 1.29 is 13.7 Å². The van der Waals surface area contributed by atoms with Gasteiger partial charge >= 0.3 is 0 Å². The molecule has 3 rings (SSSR count). The lowest BCUT2D eigenvalue weighted by atomic mass is 10.00. The second-order valence-corrected chi connectivity index (χ2v) is 6.77. The monoisotopic (exact) mass is 359 g/mol. The highest BCUT2D eigenvalue weighted by molar-refractivity contribution is 5.91. The van der Waals surface area contributed by atoms with Crippen LogP contribution in [0, 0.1) is 5.82 Å². The zero-order chi connectivity index (χ0) is 18.6. The first kappa shape index (κ1) is 18.6. The van der Waals surface area contributed by atoms with Gasteiger partial charge in [-0.3, -0.25) is 4.79 Å². The van der Waals surface area contributed by atoms with E-state index >= 15 is 0 Å². The molecule has 5 nitrogen and oxygen atoms in total. The van der Waals surface area contributed by atoms with Gasteiger partial charge in [0.1, 0.15) is 5.82 Å². The Hall–Kier alpha value is -2.21. The molecule has 26 heavy (non-hydrogen) atoms. The first-order chi connectivity index (χ1) is 12.6. The summed E-state index contributed by atoms with van der Waals surface area (Å²) < 4.78 is 19.2. The van der Waals surface area contributed by atoms with Crippen LogP contribution in [0.3, 0.4) is 0 Å². The van der Waals surface area contributed by atoms with E-state index in [0.29, 0.717) is 23.6 Å². The molecule has 1 heterocycles. The van der Waals surface area contributed by atoms with E-state index in [2.05, 4.69) is 29.2 Å². The minimum atomic E-state index is -0.609. The van der Waals surface area contributed by atoms with Crippen LogP contribution in [-0.2, 0) is 10.2 Å². The predicted octanol–water partition coefficient (Wildman–Crippen LogP) is 3.36. The molecule has 0 spiro atoms. The molecule has 0 saturated heterocycles. The minimum absolute atomic E-state index is 0.00886. The van der Waals surface area contributed by atoms with Gasteiger partial charge in [-0.2, -0.15) is 0 Å². The maximum Gasteiger partial charge on any atom is 0.232 e. The highest BCUT2D eigenvalue weighted by Crippen LogP contribution is 2.48. The van der Waals surface area contributed by atoms with Crippen molar-refractivity contribution in [2.75, 3.05) is 26.2 Å². The quantitative estimate of drug-likeness (QED) is 0.698. The number of hydrogen-bond acceptors (Lipinski definition) is 4. The Morgan fingerprint density at radius 1 is 1.31 bits per heavy atom. The van der Waals surface area contributed by atoms with Crippen molar-refractivity contribution in [2.24, 2.45) is 0 Å². The zero-order valence-corrected chi connectivity index (χ0v) is 15.4. The van der Waals surface area contributed by atoms with Gasteiger partial charge in [0, 0.05) is 12.6 Å². The summed E-state index contributed by atoms with van der Waals surface area (Å²) in [7, 11) is 0. The number of aromatic nitrogens is 1. The van der Waals surface area contributed by atoms with Gasteiger partial charge < -0.3 is 14.7 Å². The summed E-state index contributed by atoms with van der Waals surface area (Å²) in [6.07, 6.45) is 2.42. The van der Waals surface area contributed by atoms with Crippen LogP contribution in [0.15, 0.2) is 34.9 Å². The van der Waals surface area contributed by atoms with Gasteiger partial charge in [0.25, 0.3) is 0 Å². The number of carbonyl (C=O) groups is 1. The van der Waals surface area contributed by atoms with Gasteiger partial charge in [0.15, 0.2) is 5.76 Å². The molecule has 1 aliphatic rings. The van der Waals surface area contributed by atoms with Crippen molar-refractivity contribution in [3.05, 3.63) is 41.8 Å². The van der Waals surface area contributed by atoms with Crippen molar-refractivity contribution in [1.82, 2.24) is 15.4 Å². The topological polar surface area (TPSA) is 58.4 Å². The van der Waals surface area contributed by atoms with Crippen LogP contribution < -0.4 is 5.32 Å². The molecular formula is C20H26FN3O2. The van der Waals surface area contributed by atoms with E-state index in [1.165, 1.54) is 6.07 Å². The van der Waals surface area contributed by atoms with Crippen LogP contribution in [0.4, 0.5) is 4.39 Å². The summed E-state index contributed by atoms with van der Waals surface area (Å²) in [5.74, 6) is -0.00922. The first-order valence-electron chi connectivity index (χ1n) is 9.33. The molecule has 0 aliphatic heterocycles. The van der Waals surface area contributed by atoms with Crippen LogP contribution >= 0.6 is 0 Å². The highest BCUT2D eigenvalue weighted by atomic mass is 19.1. The molecule has 2 aromatic rings. The number of carbonyl (C=O) groups excluding carboxylic acids is 1. The molecule has 1 fully saturated rings. The smallest absolute Gasteiger partial charge is 0.232 e. The average Bonchev–Trinajstić information content (AvgIpc) is 3.33. The van der Waals surface area contributed by atoms with E-state index in [1.807, 2.05) is 0 Å². The van der Waals surface area contributed by atoms with Gasteiger partial charge in [-0.1, -0.05) is 31.1 Å². The molecule has 0 bridgehead atoms. The second kappa shape index (κ2) is 7.99. The zero-order valence-electron chi connectivity index (χ0n) is 15.4. The lowest BCUT2D eigenvalue weighted by molar-refractivity contribution is -0.123. The Balaban J connectivity index is 1.61. The lowest BCUT2D eigenvalue weighted by Crippen LogP contribution is -2.36. The fourth-order valence-electron chi connectivity index (χ4n) is 3.23. The Bertz CT molecular complexity index is 751. The molecule has 0 radical (unpaired) electrons. The van der Waals surface area contributed by atoms with E-state index in [-0.39, 0.29) is 11.7 Å². The summed E-state index contributed by atoms with van der Waals surface area (Å²) in [4.78, 5) is 15.0. The van der Waals surface area contributed by atoms with Crippen LogP contribution in [0.25, 0.3) is 11.3 Å². The molecule has 1 aromatic heterocycles. The molecule has 0 unspecified atom stereocenters. The number of amides is 1. The van der Waals surface area contributed by atoms with Gasteiger partial charge in [-0.05, 0) is 51.0 Å². The van der Waals surface area contributed by atoms with Crippen LogP contribution in [0.5, 0.6) is 0 Å². The van der Waals surface area contributed by atoms with E-state index in [9.17, 15) is 9.18 Å². The molecule has 1 aromatic carbocycles. The van der Waals surface area contributed by atoms with Gasteiger partial charge in [-0.25, -0.2) is 4.39 Å². The minimum Gasteiger partial charge on any atom is -0.356 e. The summed E-state index contributed by atoms with van der Waals surface area (Å²) in [5, 5.41) is 7.09. The molecule has 1 amide bonds. The number of halogens is 1. The Morgan fingerprint density at radius 3 is 2.69 bits per heavy atom. The second-order valence-electron chi connectivity index (χ2n) is 6.77. The number of benzene rings is 1. The van der Waals surface area contributed by atoms with Crippen molar-refractivity contribution in [1.29, 1.82) is 0 Å². The average molecular weight is 359 g/mol. The van der Waals surface area contributed by atoms with E-state index < -0.39 is 5.41 Å². The van der Waals surface area contributed by atoms with Crippen LogP contribution in [0.2, 0.25) is 0 Å². The summed E-state index contributed by atoms with van der Waals surface area (Å²) >= 11 is 0. The fourth-order valence-corrected chi connectivity index (χ4v) is 3.23. The van der Waals surface area contributed by atoms with E-state index in [0.717, 1.165) is 38.9 Å². The predicted molar refractivity (Wildman–Crippen MR) is 98.2 cm³/mol. The van der Waals surface area contributed by atoms with E-state index in [4.69, 9.17) is 4.52 Å². The molecule has 0 atom stereocenters. The highest BCUT2D eigenvalue weighted by Gasteiger charge is 2.53. The maximum atomic E-state index is 13.9. The molecule has 6 heteroatoms. The molecule has 1 N–H and O–H groups in total. The van der Waals surface area contributed by atoms with Crippen LogP contribution in [0.1, 0.15) is 38.8 Å². The van der Waals surface area contributed by atoms with Crippen molar-refractivity contribution >= 4 is 5.91 Å². The Labute approximate surface area is 153 Å². The number of nitrogens with one attached hydrogen (secondary N) is 1. The standard InChI is InChI=1S/C20H26FN3O2/c1-3-24(4-2)13-7-12-22-19(25)20(10-11-20)18-14-17(26-23-18)15-8-5-6-9-16(15)21/h5-6,8-9,14H,3-4,7,10-13H2,1-2H3,(H,22,25). The van der Waals surface area contributed by atoms with Crippen LogP contribution in [-0.4, -0.2) is 42.1 Å². The van der Waals surface area contributed by atoms with Crippen molar-refractivity contribution in [3.8, 4) is 11.3 Å². The SMILES string of the molecule is CCN(CC)CCCNC(=O)C1(c2cc(-c3ccccc3F)on2)CC1. The third kappa shape index (κ3) is 3.80. The maximum absolute atomic E-state index is 13.9. The summed E-state index contributed by atoms with van der Waals surface area (Å²) in [6.45, 7) is 7.94. The first-order valence-corrected chi connectivity index (χ1v) is 9.33. The van der Waals surface area contributed by atoms with Crippen molar-refractivity contribution in [2.45, 2.75) is 38.5 Å². The van der Waals surface area contributed by atoms with E-state index in [1.54, 1.807) is 24.3 Å². The number of hydrogen-bond donors (Lipinski definition) is 1. The van der Waals surface area contributed by atoms with Gasteiger partial charge in [0.05, 0.1) is 16.7 Å². The largest absolute Gasteiger partial charge is 0.356 e.